The van der Waals surface area contributed by atoms with Crippen LogP contribution in [-0.2, 0) is 0 Å². The minimum atomic E-state index is 0.866. The van der Waals surface area contributed by atoms with Crippen LogP contribution in [0.3, 0.4) is 0 Å². The van der Waals surface area contributed by atoms with Gasteiger partial charge >= 0.3 is 0 Å². The average Bonchev–Trinajstić information content (AvgIpc) is 1.52. The van der Waals surface area contributed by atoms with Crippen molar-refractivity contribution in [3.63, 3.8) is 0 Å². The summed E-state index contributed by atoms with van der Waals surface area (Å²) in [6, 6.07) is 158. The summed E-state index contributed by atoms with van der Waals surface area (Å²) in [4.78, 5) is 26.0. The Morgan fingerprint density at radius 2 is 0.503 bits per heavy atom. The van der Waals surface area contributed by atoms with Gasteiger partial charge in [0.2, 0.25) is 0 Å². The van der Waals surface area contributed by atoms with Gasteiger partial charge in [-0.25, -0.2) is 24.9 Å². The van der Waals surface area contributed by atoms with Gasteiger partial charge in [0.15, 0.2) is 11.3 Å². The number of para-hydroxylation sites is 15. The van der Waals surface area contributed by atoms with Crippen LogP contribution in [0.2, 0.25) is 0 Å². The van der Waals surface area contributed by atoms with Gasteiger partial charge in [0.05, 0.1) is 93.8 Å². The first-order chi connectivity index (χ1) is 72.9. The summed E-state index contributed by atoms with van der Waals surface area (Å²) in [5.74, 6) is 0. The van der Waals surface area contributed by atoms with Crippen molar-refractivity contribution in [3.05, 3.63) is 443 Å². The highest BCUT2D eigenvalue weighted by Gasteiger charge is 2.32. The minimum Gasteiger partial charge on any atom is -0.456 e. The molecule has 0 saturated heterocycles. The molecule has 0 saturated carbocycles. The zero-order chi connectivity index (χ0) is 95.4. The van der Waals surface area contributed by atoms with Crippen LogP contribution >= 0.6 is 0 Å². The number of rotatable bonds is 6. The molecule has 678 valence electrons. The molecule has 15 aromatic heterocycles. The summed E-state index contributed by atoms with van der Waals surface area (Å²) < 4.78 is 33.8. The first kappa shape index (κ1) is 78.7. The molecule has 36 aromatic rings. The van der Waals surface area contributed by atoms with Crippen LogP contribution in [0.4, 0.5) is 0 Å². The molecule has 21 aromatic carbocycles. The van der Waals surface area contributed by atoms with Crippen LogP contribution in [0.15, 0.2) is 456 Å². The van der Waals surface area contributed by atoms with Crippen molar-refractivity contribution in [1.29, 1.82) is 0 Å². The Balaban J connectivity index is 0.0000000945. The first-order valence-corrected chi connectivity index (χ1v) is 49.9. The van der Waals surface area contributed by atoms with E-state index in [2.05, 4.69) is 403 Å². The predicted octanol–water partition coefficient (Wildman–Crippen LogP) is 34.9. The van der Waals surface area contributed by atoms with E-state index in [1.807, 2.05) is 66.7 Å². The summed E-state index contributed by atoms with van der Waals surface area (Å²) in [5.41, 5.74) is 38.9. The van der Waals surface area contributed by atoms with Crippen molar-refractivity contribution in [3.8, 4) is 50.4 Å². The monoisotopic (exact) mass is 1870 g/mol. The molecular weight excluding hydrogens is 1800 g/mol. The van der Waals surface area contributed by atoms with Crippen molar-refractivity contribution < 1.29 is 13.3 Å². The molecule has 0 fully saturated rings. The fourth-order valence-corrected chi connectivity index (χ4v) is 25.3. The lowest BCUT2D eigenvalue weighted by Crippen LogP contribution is -1.95. The maximum atomic E-state index is 6.58. The van der Waals surface area contributed by atoms with Crippen LogP contribution in [0.1, 0.15) is 0 Å². The highest BCUT2D eigenvalue weighted by Crippen LogP contribution is 2.53. The third kappa shape index (κ3) is 10.9. The van der Waals surface area contributed by atoms with Gasteiger partial charge in [0.1, 0.15) is 50.2 Å². The summed E-state index contributed by atoms with van der Waals surface area (Å²) in [7, 11) is 0. The Hall–Kier alpha value is -20.1. The van der Waals surface area contributed by atoms with Crippen LogP contribution in [0, 0.1) is 0 Å². The zero-order valence-corrected chi connectivity index (χ0v) is 78.3. The van der Waals surface area contributed by atoms with Gasteiger partial charge in [-0.2, -0.15) is 0 Å². The fourth-order valence-electron chi connectivity index (χ4n) is 25.3. The van der Waals surface area contributed by atoms with Crippen LogP contribution in [0.25, 0.3) is 330 Å². The fraction of sp³-hybridized carbons (Fsp3) is 0. The molecule has 15 heterocycles. The second-order valence-corrected chi connectivity index (χ2v) is 39.1. The Labute approximate surface area is 831 Å². The molecule has 14 nitrogen and oxygen atoms in total. The van der Waals surface area contributed by atoms with Crippen LogP contribution in [0.5, 0.6) is 0 Å². The topological polar surface area (TPSA) is 132 Å². The van der Waals surface area contributed by atoms with Crippen molar-refractivity contribution >= 4 is 279 Å². The molecule has 0 spiro atoms. The van der Waals surface area contributed by atoms with E-state index in [4.69, 9.17) is 38.2 Å². The second kappa shape index (κ2) is 29.3. The molecule has 0 unspecified atom stereocenters. The maximum absolute atomic E-state index is 6.58. The minimum absolute atomic E-state index is 0.866. The molecule has 0 atom stereocenters. The molecule has 0 aliphatic rings. The predicted molar refractivity (Wildman–Crippen MR) is 606 cm³/mol. The normalized spacial score (nSPS) is 12.5. The van der Waals surface area contributed by atoms with E-state index in [-0.39, 0.29) is 0 Å². The standard InChI is InChI=1S/C45H25N3O.2C44H24N4O/c1-2-12-28(13-3-1)47-37-19-8-5-14-30(37)31-17-10-16-29(43(31)47)26-21-22-38-35(23-26)42-41-32-15-6-9-20-39(32)49-40(41)25-33-34-24-27-11-4-7-18-36(27)46-45(34)48(38)44(33)42;1-2-10-27(11-3-1)47-35-16-8-4-12-28(35)29-20-18-26(23-37(29)47)25-19-21-36-31(22-25)41-40-30-13-5-9-17-38(30)49-39(40)24-32-42-44(48(36)43(32)41)46-34-15-7-6-14-33(34)45-42;1-2-10-27(11-3-1)47-35-16-8-4-12-28(35)30-22-25(18-20-36(30)47)26-19-21-37-31(23-26)41-40-29-13-5-9-17-38(29)49-39(40)24-32-42-44(48(37)43(32)41)46-34-15-7-6-14-33(34)45-42/h1-25H;2*1-24H. The van der Waals surface area contributed by atoms with Gasteiger partial charge < -0.3 is 27.0 Å². The zero-order valence-electron chi connectivity index (χ0n) is 78.3. The number of nitrogens with zero attached hydrogens (tertiary/aromatic N) is 11. The number of pyridine rings is 1. The SMILES string of the molecule is c1ccc(-n2c3ccccc3c3cc(-c4ccc5c(c4)c4c6c(cc7c8nc9ccccc9nc8n5c74)oc4ccccc46)ccc32)cc1.c1ccc(-n2c3ccccc3c3ccc(-c4ccc5c(c4)c4c6c(cc7c8nc9ccccc9nc8n5c74)oc4ccccc46)cc32)cc1.c1ccc(-n2c3ccccc3c3cccc(-c4ccc5c(c4)c4c6c(cc7c8cc9ccccc9nc8n5c74)oc4ccccc46)c32)cc1. The van der Waals surface area contributed by atoms with E-state index in [1.165, 1.54) is 136 Å². The number of benzene rings is 21. The Bertz CT molecular complexity index is 12100. The van der Waals surface area contributed by atoms with E-state index in [9.17, 15) is 0 Å². The Morgan fingerprint density at radius 3 is 1.02 bits per heavy atom. The van der Waals surface area contributed by atoms with E-state index in [1.54, 1.807) is 0 Å². The van der Waals surface area contributed by atoms with Gasteiger partial charge in [0.25, 0.3) is 0 Å². The average molecular weight is 1870 g/mol. The van der Waals surface area contributed by atoms with Gasteiger partial charge in [-0.15, -0.1) is 0 Å². The van der Waals surface area contributed by atoms with E-state index in [0.717, 1.165) is 193 Å². The summed E-state index contributed by atoms with van der Waals surface area (Å²) >= 11 is 0. The molecule has 147 heavy (non-hydrogen) atoms. The van der Waals surface area contributed by atoms with Crippen LogP contribution < -0.4 is 0 Å². The summed E-state index contributed by atoms with van der Waals surface area (Å²) in [6.45, 7) is 0. The second-order valence-electron chi connectivity index (χ2n) is 39.1. The van der Waals surface area contributed by atoms with E-state index < -0.39 is 0 Å². The lowest BCUT2D eigenvalue weighted by molar-refractivity contribution is 0.669. The Morgan fingerprint density at radius 1 is 0.163 bits per heavy atom. The lowest BCUT2D eigenvalue weighted by Gasteiger charge is -2.12. The van der Waals surface area contributed by atoms with Gasteiger partial charge in [-0.05, 0) is 210 Å². The number of fused-ring (bicyclic) bond motifs is 42. The maximum Gasteiger partial charge on any atom is 0.165 e. The van der Waals surface area contributed by atoms with Crippen molar-refractivity contribution in [2.75, 3.05) is 0 Å². The van der Waals surface area contributed by atoms with E-state index >= 15 is 0 Å². The quantitative estimate of drug-likeness (QED) is 0.161. The van der Waals surface area contributed by atoms with Crippen molar-refractivity contribution in [2.45, 2.75) is 0 Å². The van der Waals surface area contributed by atoms with E-state index in [0.29, 0.717) is 0 Å². The van der Waals surface area contributed by atoms with Crippen molar-refractivity contribution in [1.82, 2.24) is 51.8 Å². The van der Waals surface area contributed by atoms with Crippen molar-refractivity contribution in [2.24, 2.45) is 0 Å². The number of furan rings is 3. The highest BCUT2D eigenvalue weighted by molar-refractivity contribution is 6.39. The number of hydrogen-bond acceptors (Lipinski definition) is 8. The first-order valence-electron chi connectivity index (χ1n) is 49.9. The van der Waals surface area contributed by atoms with Gasteiger partial charge in [-0.1, -0.05) is 261 Å². The number of aromatic nitrogens is 11. The highest BCUT2D eigenvalue weighted by atomic mass is 16.3. The largest absolute Gasteiger partial charge is 0.456 e. The molecular formula is C133H73N11O3. The Kier molecular flexibility index (Phi) is 15.7. The molecule has 0 radical (unpaired) electrons. The molecule has 0 aliphatic heterocycles. The third-order valence-corrected chi connectivity index (χ3v) is 31.4. The van der Waals surface area contributed by atoms with Gasteiger partial charge in [0, 0.05) is 147 Å². The molecule has 36 rings (SSSR count). The molecule has 0 amide bonds. The molecule has 0 bridgehead atoms. The van der Waals surface area contributed by atoms with Crippen LogP contribution in [-0.4, -0.2) is 51.8 Å². The summed E-state index contributed by atoms with van der Waals surface area (Å²) in [5, 5.41) is 27.0. The molecule has 14 heteroatoms. The lowest BCUT2D eigenvalue weighted by atomic mass is 9.97. The smallest absolute Gasteiger partial charge is 0.165 e. The number of hydrogen-bond donors (Lipinski definition) is 0. The summed E-state index contributed by atoms with van der Waals surface area (Å²) in [6.07, 6.45) is 0. The van der Waals surface area contributed by atoms with Gasteiger partial charge in [-0.3, -0.25) is 13.2 Å². The molecule has 0 aliphatic carbocycles. The molecule has 0 N–H and O–H groups in total. The third-order valence-electron chi connectivity index (χ3n) is 31.4.